The van der Waals surface area contributed by atoms with E-state index in [0.717, 1.165) is 16.7 Å². The summed E-state index contributed by atoms with van der Waals surface area (Å²) in [5, 5.41) is 46.0. The molecule has 3 aliphatic heterocycles. The summed E-state index contributed by atoms with van der Waals surface area (Å²) in [7, 11) is 0. The van der Waals surface area contributed by atoms with Gasteiger partial charge in [0.05, 0.1) is 43.7 Å². The van der Waals surface area contributed by atoms with Crippen LogP contribution in [-0.2, 0) is 62.5 Å². The van der Waals surface area contributed by atoms with Crippen LogP contribution < -0.4 is 0 Å². The number of aliphatic hydroxyl groups is 4. The summed E-state index contributed by atoms with van der Waals surface area (Å²) in [6.07, 6.45) is -18.1. The van der Waals surface area contributed by atoms with Gasteiger partial charge in [0.15, 0.2) is 25.0 Å². The molecule has 4 aromatic rings. The molecule has 3 saturated heterocycles. The molecule has 0 saturated carbocycles. The maximum atomic E-state index is 13.5. The average Bonchev–Trinajstić information content (AvgIpc) is 3.26. The Morgan fingerprint density at radius 3 is 1.27 bits per heavy atom. The Kier molecular flexibility index (Phi) is 15.1. The maximum Gasteiger partial charge on any atom is 0.338 e. The van der Waals surface area contributed by atoms with Crippen LogP contribution in [0.1, 0.15) is 47.8 Å². The molecule has 60 heavy (non-hydrogen) atoms. The van der Waals surface area contributed by atoms with E-state index in [1.54, 1.807) is 51.1 Å². The van der Waals surface area contributed by atoms with Gasteiger partial charge < -0.3 is 63.1 Å². The average molecular weight is 831 g/mol. The van der Waals surface area contributed by atoms with Gasteiger partial charge in [0, 0.05) is 0 Å². The van der Waals surface area contributed by atoms with Crippen molar-refractivity contribution in [2.75, 3.05) is 0 Å². The third-order valence-corrected chi connectivity index (χ3v) is 11.0. The number of rotatable bonds is 15. The highest BCUT2D eigenvalue weighted by atomic mass is 16.8. The highest BCUT2D eigenvalue weighted by Crippen LogP contribution is 2.36. The summed E-state index contributed by atoms with van der Waals surface area (Å²) >= 11 is 0. The topological polar surface area (TPSA) is 181 Å². The van der Waals surface area contributed by atoms with Crippen molar-refractivity contribution >= 4 is 5.97 Å². The highest BCUT2D eigenvalue weighted by Gasteiger charge is 2.55. The lowest BCUT2D eigenvalue weighted by Crippen LogP contribution is -2.66. The van der Waals surface area contributed by atoms with Crippen LogP contribution in [0.25, 0.3) is 0 Å². The van der Waals surface area contributed by atoms with E-state index in [9.17, 15) is 25.2 Å². The van der Waals surface area contributed by atoms with E-state index in [4.69, 9.17) is 42.6 Å². The van der Waals surface area contributed by atoms with E-state index < -0.39 is 98.1 Å². The zero-order valence-corrected chi connectivity index (χ0v) is 33.7. The predicted molar refractivity (Wildman–Crippen MR) is 214 cm³/mol. The van der Waals surface area contributed by atoms with Crippen molar-refractivity contribution < 1.29 is 67.9 Å². The normalized spacial score (nSPS) is 34.5. The lowest BCUT2D eigenvalue weighted by atomic mass is 9.96. The molecule has 3 aliphatic rings. The molecule has 0 unspecified atom stereocenters. The maximum absolute atomic E-state index is 13.5. The summed E-state index contributed by atoms with van der Waals surface area (Å²) in [5.74, 6) is -0.687. The summed E-state index contributed by atoms with van der Waals surface area (Å²) in [4.78, 5) is 13.5. The third-order valence-electron chi connectivity index (χ3n) is 11.0. The number of hydrogen-bond acceptors (Lipinski definition) is 14. The molecule has 3 heterocycles. The first-order valence-electron chi connectivity index (χ1n) is 20.3. The number of hydrogen-bond donors (Lipinski definition) is 4. The van der Waals surface area contributed by atoms with Crippen molar-refractivity contribution in [2.45, 2.75) is 133 Å². The fourth-order valence-electron chi connectivity index (χ4n) is 7.54. The van der Waals surface area contributed by atoms with Crippen LogP contribution in [-0.4, -0.2) is 119 Å². The van der Waals surface area contributed by atoms with Crippen LogP contribution in [0.15, 0.2) is 121 Å². The summed E-state index contributed by atoms with van der Waals surface area (Å²) < 4.78 is 56.6. The minimum absolute atomic E-state index is 0.0326. The number of carbonyl (C=O) groups is 1. The molecule has 322 valence electrons. The van der Waals surface area contributed by atoms with Crippen LogP contribution in [0.3, 0.4) is 0 Å². The molecule has 0 bridgehead atoms. The Labute approximate surface area is 349 Å². The smallest absolute Gasteiger partial charge is 0.338 e. The van der Waals surface area contributed by atoms with E-state index >= 15 is 0 Å². The van der Waals surface area contributed by atoms with E-state index in [1.807, 2.05) is 91.0 Å². The van der Waals surface area contributed by atoms with E-state index in [2.05, 4.69) is 0 Å². The molecule has 7 rings (SSSR count). The lowest BCUT2D eigenvalue weighted by molar-refractivity contribution is -0.382. The van der Waals surface area contributed by atoms with Crippen molar-refractivity contribution in [2.24, 2.45) is 0 Å². The quantitative estimate of drug-likeness (QED) is 0.126. The van der Waals surface area contributed by atoms with Crippen molar-refractivity contribution in [3.8, 4) is 0 Å². The van der Waals surface area contributed by atoms with Gasteiger partial charge in [0.25, 0.3) is 0 Å². The minimum atomic E-state index is -1.47. The monoisotopic (exact) mass is 830 g/mol. The SMILES string of the molecule is C[C@@H]1O[C@@H](O[C@@H]2[C@H](O)[C@H](C)O[C@@H](O[C@@H]3[C@H](O)[C@H](C)O[C@@H](O)[C@H]3OCc3ccccc3)[C@H]2OCc2ccccc2)[C@@H](OCc2ccccc2)[C@H](OC(=O)c2ccccc2)[C@@H]1O. The molecule has 4 aromatic carbocycles. The molecule has 3 fully saturated rings. The van der Waals surface area contributed by atoms with Crippen molar-refractivity contribution in [3.63, 3.8) is 0 Å². The third kappa shape index (κ3) is 10.7. The number of aliphatic hydroxyl groups excluding tert-OH is 4. The molecule has 0 aliphatic carbocycles. The van der Waals surface area contributed by atoms with Gasteiger partial charge in [-0.05, 0) is 49.6 Å². The Morgan fingerprint density at radius 1 is 0.467 bits per heavy atom. The second-order valence-electron chi connectivity index (χ2n) is 15.3. The van der Waals surface area contributed by atoms with Gasteiger partial charge in [-0.1, -0.05) is 109 Å². The molecule has 0 amide bonds. The van der Waals surface area contributed by atoms with Crippen LogP contribution in [0.4, 0.5) is 0 Å². The molecule has 0 radical (unpaired) electrons. The number of esters is 1. The molecule has 14 heteroatoms. The number of carbonyl (C=O) groups excluding carboxylic acids is 1. The van der Waals surface area contributed by atoms with Crippen molar-refractivity contribution in [3.05, 3.63) is 144 Å². The largest absolute Gasteiger partial charge is 0.453 e. The van der Waals surface area contributed by atoms with E-state index in [-0.39, 0.29) is 25.4 Å². The van der Waals surface area contributed by atoms with Crippen LogP contribution in [0.2, 0.25) is 0 Å². The predicted octanol–water partition coefficient (Wildman–Crippen LogP) is 4.05. The zero-order valence-electron chi connectivity index (χ0n) is 33.7. The van der Waals surface area contributed by atoms with Crippen molar-refractivity contribution in [1.82, 2.24) is 0 Å². The van der Waals surface area contributed by atoms with Gasteiger partial charge >= 0.3 is 5.97 Å². The standard InChI is InChI=1S/C46H54O14/c1-27-34(47)37(40(44(51)55-27)52-24-30-16-8-4-9-17-30)59-46-42(54-26-32-20-12-6-13-21-32)39(36(49)29(3)57-46)60-45-41(53-25-31-18-10-5-11-19-31)38(35(48)28(2)56-45)58-43(50)33-22-14-7-15-23-33/h4-23,27-29,34-42,44-49,51H,24-26H2,1-3H3/t27-,28-,29-,34+,35+,36+,37+,38+,39+,40-,41-,42-,44+,45-,46-/m0/s1. The van der Waals surface area contributed by atoms with Crippen molar-refractivity contribution in [1.29, 1.82) is 0 Å². The molecule has 0 spiro atoms. The fraction of sp³-hybridized carbons (Fsp3) is 0.457. The number of ether oxygens (including phenoxy) is 9. The molecule has 4 N–H and O–H groups in total. The van der Waals surface area contributed by atoms with Gasteiger partial charge in [-0.25, -0.2) is 4.79 Å². The highest BCUT2D eigenvalue weighted by molar-refractivity contribution is 5.89. The summed E-state index contributed by atoms with van der Waals surface area (Å²) in [6.45, 7) is 5.00. The minimum Gasteiger partial charge on any atom is -0.453 e. The zero-order chi connectivity index (χ0) is 42.2. The first-order valence-corrected chi connectivity index (χ1v) is 20.3. The van der Waals surface area contributed by atoms with Gasteiger partial charge in [-0.3, -0.25) is 0 Å². The second kappa shape index (κ2) is 20.6. The number of benzene rings is 4. The molecular formula is C46H54O14. The molecule has 14 nitrogen and oxygen atoms in total. The summed E-state index contributed by atoms with van der Waals surface area (Å²) in [5.41, 5.74) is 2.69. The van der Waals surface area contributed by atoms with Gasteiger partial charge in [0.1, 0.15) is 48.8 Å². The molecular weight excluding hydrogens is 776 g/mol. The van der Waals surface area contributed by atoms with Crippen LogP contribution in [0.5, 0.6) is 0 Å². The summed E-state index contributed by atoms with van der Waals surface area (Å²) in [6, 6.07) is 36.4. The van der Waals surface area contributed by atoms with Crippen LogP contribution in [0, 0.1) is 0 Å². The lowest BCUT2D eigenvalue weighted by Gasteiger charge is -2.49. The van der Waals surface area contributed by atoms with Crippen LogP contribution >= 0.6 is 0 Å². The second-order valence-corrected chi connectivity index (χ2v) is 15.3. The van der Waals surface area contributed by atoms with Gasteiger partial charge in [-0.2, -0.15) is 0 Å². The van der Waals surface area contributed by atoms with Gasteiger partial charge in [0.2, 0.25) is 0 Å². The van der Waals surface area contributed by atoms with E-state index in [1.165, 1.54) is 0 Å². The Bertz CT molecular complexity index is 1890. The Hall–Kier alpha value is -4.13. The Morgan fingerprint density at radius 2 is 0.817 bits per heavy atom. The molecule has 0 aromatic heterocycles. The first kappa shape index (κ1) is 43.9. The Balaban J connectivity index is 1.20. The van der Waals surface area contributed by atoms with Gasteiger partial charge in [-0.15, -0.1) is 0 Å². The van der Waals surface area contributed by atoms with E-state index in [0.29, 0.717) is 0 Å². The fourth-order valence-corrected chi connectivity index (χ4v) is 7.54. The first-order chi connectivity index (χ1) is 29.1. The molecule has 15 atom stereocenters.